The smallest absolute Gasteiger partial charge is 0.174 e. The number of ketones is 1. The molecular formula is C13H10FNOS. The Kier molecular flexibility index (Phi) is 3.88. The Labute approximate surface area is 103 Å². The van der Waals surface area contributed by atoms with E-state index < -0.39 is 0 Å². The molecule has 0 radical (unpaired) electrons. The largest absolute Gasteiger partial charge is 0.293 e. The highest BCUT2D eigenvalue weighted by molar-refractivity contribution is 8.00. The molecule has 0 fully saturated rings. The molecule has 0 N–H and O–H groups in total. The molecule has 0 atom stereocenters. The van der Waals surface area contributed by atoms with Gasteiger partial charge in [-0.05, 0) is 36.4 Å². The normalized spacial score (nSPS) is 10.2. The minimum absolute atomic E-state index is 0.0208. The molecule has 1 heterocycles. The summed E-state index contributed by atoms with van der Waals surface area (Å²) in [6.45, 7) is 0. The van der Waals surface area contributed by atoms with E-state index in [4.69, 9.17) is 0 Å². The number of Topliss-reactive ketones (excluding diaryl/α,β-unsaturated/α-hetero) is 1. The summed E-state index contributed by atoms with van der Waals surface area (Å²) >= 11 is 1.39. The number of pyridine rings is 1. The third-order valence-electron chi connectivity index (χ3n) is 2.17. The average Bonchev–Trinajstić information content (AvgIpc) is 2.39. The molecule has 0 saturated carbocycles. The molecule has 2 aromatic rings. The van der Waals surface area contributed by atoms with Crippen molar-refractivity contribution in [3.05, 3.63) is 60.2 Å². The molecule has 0 aliphatic rings. The van der Waals surface area contributed by atoms with Crippen LogP contribution in [0.5, 0.6) is 0 Å². The summed E-state index contributed by atoms with van der Waals surface area (Å²) in [5.74, 6) is 0.0810. The van der Waals surface area contributed by atoms with Gasteiger partial charge in [0.2, 0.25) is 0 Å². The number of hydrogen-bond donors (Lipinski definition) is 0. The number of thioether (sulfide) groups is 1. The predicted octanol–water partition coefficient (Wildman–Crippen LogP) is 3.20. The lowest BCUT2D eigenvalue weighted by Crippen LogP contribution is -2.02. The van der Waals surface area contributed by atoms with Crippen LogP contribution >= 0.6 is 11.8 Å². The molecule has 0 aliphatic heterocycles. The van der Waals surface area contributed by atoms with Crippen molar-refractivity contribution in [2.45, 2.75) is 4.90 Å². The topological polar surface area (TPSA) is 30.0 Å². The van der Waals surface area contributed by atoms with Crippen LogP contribution in [0.2, 0.25) is 0 Å². The quantitative estimate of drug-likeness (QED) is 0.614. The van der Waals surface area contributed by atoms with E-state index in [1.165, 1.54) is 23.9 Å². The lowest BCUT2D eigenvalue weighted by Gasteiger charge is -2.01. The van der Waals surface area contributed by atoms with Crippen LogP contribution in [0.25, 0.3) is 0 Å². The maximum atomic E-state index is 12.7. The van der Waals surface area contributed by atoms with Gasteiger partial charge in [-0.25, -0.2) is 4.39 Å². The zero-order valence-electron chi connectivity index (χ0n) is 8.97. The highest BCUT2D eigenvalue weighted by Gasteiger charge is 2.06. The van der Waals surface area contributed by atoms with Crippen LogP contribution in [0.15, 0.2) is 53.7 Å². The van der Waals surface area contributed by atoms with E-state index in [9.17, 15) is 9.18 Å². The van der Waals surface area contributed by atoms with Crippen LogP contribution in [-0.2, 0) is 0 Å². The van der Waals surface area contributed by atoms with E-state index in [0.717, 1.165) is 4.90 Å². The predicted molar refractivity (Wildman–Crippen MR) is 65.7 cm³/mol. The van der Waals surface area contributed by atoms with Gasteiger partial charge in [0, 0.05) is 22.9 Å². The van der Waals surface area contributed by atoms with Gasteiger partial charge in [0.05, 0.1) is 5.75 Å². The fourth-order valence-electron chi connectivity index (χ4n) is 1.29. The Morgan fingerprint density at radius 1 is 1.24 bits per heavy atom. The molecule has 0 amide bonds. The number of hydrogen-bond acceptors (Lipinski definition) is 3. The summed E-state index contributed by atoms with van der Waals surface area (Å²) < 4.78 is 12.7. The number of benzene rings is 1. The van der Waals surface area contributed by atoms with Gasteiger partial charge in [-0.3, -0.25) is 9.78 Å². The van der Waals surface area contributed by atoms with Crippen molar-refractivity contribution in [3.8, 4) is 0 Å². The van der Waals surface area contributed by atoms with E-state index in [1.54, 1.807) is 36.7 Å². The number of carbonyl (C=O) groups excluding carboxylic acids is 1. The first-order valence-electron chi connectivity index (χ1n) is 5.07. The van der Waals surface area contributed by atoms with Gasteiger partial charge in [-0.2, -0.15) is 0 Å². The first-order valence-corrected chi connectivity index (χ1v) is 6.06. The van der Waals surface area contributed by atoms with Crippen LogP contribution in [0, 0.1) is 5.82 Å². The second kappa shape index (κ2) is 5.59. The zero-order valence-corrected chi connectivity index (χ0v) is 9.78. The molecule has 86 valence electrons. The fourth-order valence-corrected chi connectivity index (χ4v) is 2.08. The van der Waals surface area contributed by atoms with E-state index in [1.807, 2.05) is 0 Å². The minimum Gasteiger partial charge on any atom is -0.293 e. The van der Waals surface area contributed by atoms with Crippen molar-refractivity contribution < 1.29 is 9.18 Å². The lowest BCUT2D eigenvalue weighted by atomic mass is 10.2. The van der Waals surface area contributed by atoms with Crippen molar-refractivity contribution in [1.82, 2.24) is 4.98 Å². The molecule has 2 nitrogen and oxygen atoms in total. The fraction of sp³-hybridized carbons (Fsp3) is 0.0769. The molecule has 1 aromatic heterocycles. The molecule has 0 spiro atoms. The second-order valence-corrected chi connectivity index (χ2v) is 4.46. The van der Waals surface area contributed by atoms with Gasteiger partial charge in [0.15, 0.2) is 5.78 Å². The average molecular weight is 247 g/mol. The Morgan fingerprint density at radius 2 is 2.00 bits per heavy atom. The molecule has 2 rings (SSSR count). The van der Waals surface area contributed by atoms with Crippen molar-refractivity contribution in [1.29, 1.82) is 0 Å². The van der Waals surface area contributed by atoms with Gasteiger partial charge >= 0.3 is 0 Å². The number of nitrogens with zero attached hydrogens (tertiary/aromatic N) is 1. The third-order valence-corrected chi connectivity index (χ3v) is 3.18. The van der Waals surface area contributed by atoms with Crippen LogP contribution in [-0.4, -0.2) is 16.5 Å². The summed E-state index contributed by atoms with van der Waals surface area (Å²) in [5.41, 5.74) is 0.599. The Balaban J connectivity index is 1.95. The van der Waals surface area contributed by atoms with Crippen LogP contribution in [0.4, 0.5) is 4.39 Å². The van der Waals surface area contributed by atoms with E-state index in [-0.39, 0.29) is 11.6 Å². The van der Waals surface area contributed by atoms with E-state index in [0.29, 0.717) is 11.3 Å². The molecular weight excluding hydrogens is 237 g/mol. The summed E-state index contributed by atoms with van der Waals surface area (Å²) in [6, 6.07) is 9.57. The molecule has 1 aromatic carbocycles. The van der Waals surface area contributed by atoms with Crippen LogP contribution < -0.4 is 0 Å². The summed E-state index contributed by atoms with van der Waals surface area (Å²) in [6.07, 6.45) is 3.18. The standard InChI is InChI=1S/C13H10FNOS/c14-11-3-5-12(6-4-11)17-9-13(16)10-2-1-7-15-8-10/h1-8H,9H2. The van der Waals surface area contributed by atoms with Gasteiger partial charge in [-0.1, -0.05) is 0 Å². The van der Waals surface area contributed by atoms with Crippen molar-refractivity contribution in [2.75, 3.05) is 5.75 Å². The number of rotatable bonds is 4. The van der Waals surface area contributed by atoms with E-state index in [2.05, 4.69) is 4.98 Å². The molecule has 4 heteroatoms. The van der Waals surface area contributed by atoms with Gasteiger partial charge in [-0.15, -0.1) is 11.8 Å². The first kappa shape index (κ1) is 11.8. The van der Waals surface area contributed by atoms with Crippen LogP contribution in [0.3, 0.4) is 0 Å². The Morgan fingerprint density at radius 3 is 2.65 bits per heavy atom. The molecule has 0 unspecified atom stereocenters. The Hall–Kier alpha value is -1.68. The maximum Gasteiger partial charge on any atom is 0.174 e. The minimum atomic E-state index is -0.270. The summed E-state index contributed by atoms with van der Waals surface area (Å²) in [7, 11) is 0. The van der Waals surface area contributed by atoms with Crippen molar-refractivity contribution in [3.63, 3.8) is 0 Å². The second-order valence-electron chi connectivity index (χ2n) is 3.41. The number of carbonyl (C=O) groups is 1. The third kappa shape index (κ3) is 3.39. The first-order chi connectivity index (χ1) is 8.25. The SMILES string of the molecule is O=C(CSc1ccc(F)cc1)c1cccnc1. The molecule has 0 bridgehead atoms. The van der Waals surface area contributed by atoms with E-state index >= 15 is 0 Å². The number of halogens is 1. The summed E-state index contributed by atoms with van der Waals surface area (Å²) in [4.78, 5) is 16.5. The van der Waals surface area contributed by atoms with Crippen molar-refractivity contribution >= 4 is 17.5 Å². The number of aromatic nitrogens is 1. The maximum absolute atomic E-state index is 12.7. The monoisotopic (exact) mass is 247 g/mol. The van der Waals surface area contributed by atoms with Gasteiger partial charge in [0.1, 0.15) is 5.82 Å². The zero-order chi connectivity index (χ0) is 12.1. The highest BCUT2D eigenvalue weighted by atomic mass is 32.2. The molecule has 0 saturated heterocycles. The molecule has 17 heavy (non-hydrogen) atoms. The van der Waals surface area contributed by atoms with Gasteiger partial charge < -0.3 is 0 Å². The van der Waals surface area contributed by atoms with Crippen LogP contribution in [0.1, 0.15) is 10.4 Å². The lowest BCUT2D eigenvalue weighted by molar-refractivity contribution is 0.102. The Bertz CT molecular complexity index is 499. The van der Waals surface area contributed by atoms with Crippen molar-refractivity contribution in [2.24, 2.45) is 0 Å². The molecule has 0 aliphatic carbocycles. The summed E-state index contributed by atoms with van der Waals surface area (Å²) in [5, 5.41) is 0. The van der Waals surface area contributed by atoms with Gasteiger partial charge in [0.25, 0.3) is 0 Å². The highest BCUT2D eigenvalue weighted by Crippen LogP contribution is 2.19.